The standard InChI is InChI=1S/C14H16N4O/c1-2-19-13-8-7-10-5-3-4-6-11(10)12(13)9-17-18-14(15)16/h3-9H,2H2,1H3,(H4,15,16,18)/b17-9+. The summed E-state index contributed by atoms with van der Waals surface area (Å²) in [5.41, 5.74) is 11.4. The zero-order valence-electron chi connectivity index (χ0n) is 10.7. The number of hydrogen-bond donors (Lipinski definition) is 2. The fourth-order valence-electron chi connectivity index (χ4n) is 1.84. The summed E-state index contributed by atoms with van der Waals surface area (Å²) in [6.45, 7) is 2.52. The second kappa shape index (κ2) is 5.86. The molecule has 2 aromatic rings. The summed E-state index contributed by atoms with van der Waals surface area (Å²) in [7, 11) is 0. The van der Waals surface area contributed by atoms with Gasteiger partial charge in [-0.2, -0.15) is 5.10 Å². The van der Waals surface area contributed by atoms with Gasteiger partial charge in [-0.15, -0.1) is 5.10 Å². The van der Waals surface area contributed by atoms with Crippen LogP contribution in [0.5, 0.6) is 5.75 Å². The number of guanidine groups is 1. The molecule has 0 unspecified atom stereocenters. The Morgan fingerprint density at radius 2 is 2.00 bits per heavy atom. The average Bonchev–Trinajstić information content (AvgIpc) is 2.40. The van der Waals surface area contributed by atoms with Crippen LogP contribution < -0.4 is 16.2 Å². The lowest BCUT2D eigenvalue weighted by atomic mass is 10.0. The Labute approximate surface area is 111 Å². The van der Waals surface area contributed by atoms with Crippen molar-refractivity contribution in [3.63, 3.8) is 0 Å². The SMILES string of the molecule is CCOc1ccc2ccccc2c1/C=N/N=C(N)N. The van der Waals surface area contributed by atoms with Gasteiger partial charge in [0.1, 0.15) is 5.75 Å². The predicted molar refractivity (Wildman–Crippen MR) is 78.5 cm³/mol. The van der Waals surface area contributed by atoms with E-state index in [1.54, 1.807) is 6.21 Å². The van der Waals surface area contributed by atoms with Crippen LogP contribution in [-0.4, -0.2) is 18.8 Å². The first kappa shape index (κ1) is 12.9. The van der Waals surface area contributed by atoms with Gasteiger partial charge < -0.3 is 16.2 Å². The van der Waals surface area contributed by atoms with Crippen molar-refractivity contribution in [3.8, 4) is 5.75 Å². The number of ether oxygens (including phenoxy) is 1. The molecule has 4 N–H and O–H groups in total. The summed E-state index contributed by atoms with van der Waals surface area (Å²) >= 11 is 0. The first-order chi connectivity index (χ1) is 9.22. The number of fused-ring (bicyclic) bond motifs is 1. The Morgan fingerprint density at radius 3 is 2.74 bits per heavy atom. The third kappa shape index (κ3) is 3.01. The average molecular weight is 256 g/mol. The van der Waals surface area contributed by atoms with Crippen LogP contribution in [0.15, 0.2) is 46.6 Å². The fraction of sp³-hybridized carbons (Fsp3) is 0.143. The normalized spacial score (nSPS) is 10.8. The van der Waals surface area contributed by atoms with Gasteiger partial charge in [0.05, 0.1) is 12.8 Å². The predicted octanol–water partition coefficient (Wildman–Crippen LogP) is 1.85. The molecule has 0 aliphatic heterocycles. The molecule has 0 heterocycles. The smallest absolute Gasteiger partial charge is 0.211 e. The van der Waals surface area contributed by atoms with E-state index in [4.69, 9.17) is 16.2 Å². The molecule has 2 aromatic carbocycles. The fourth-order valence-corrected chi connectivity index (χ4v) is 1.84. The van der Waals surface area contributed by atoms with Crippen molar-refractivity contribution < 1.29 is 4.74 Å². The van der Waals surface area contributed by atoms with Crippen LogP contribution in [0.2, 0.25) is 0 Å². The molecule has 0 amide bonds. The van der Waals surface area contributed by atoms with E-state index in [1.807, 2.05) is 43.3 Å². The van der Waals surface area contributed by atoms with Crippen molar-refractivity contribution in [1.82, 2.24) is 0 Å². The van der Waals surface area contributed by atoms with Gasteiger partial charge in [0, 0.05) is 5.56 Å². The Hall–Kier alpha value is -2.56. The van der Waals surface area contributed by atoms with Crippen LogP contribution >= 0.6 is 0 Å². The summed E-state index contributed by atoms with van der Waals surface area (Å²) in [5, 5.41) is 9.63. The zero-order valence-corrected chi connectivity index (χ0v) is 10.7. The molecule has 2 rings (SSSR count). The highest BCUT2D eigenvalue weighted by atomic mass is 16.5. The Kier molecular flexibility index (Phi) is 3.97. The number of hydrogen-bond acceptors (Lipinski definition) is 3. The van der Waals surface area contributed by atoms with E-state index < -0.39 is 0 Å². The van der Waals surface area contributed by atoms with Crippen LogP contribution in [0.4, 0.5) is 0 Å². The molecule has 19 heavy (non-hydrogen) atoms. The minimum Gasteiger partial charge on any atom is -0.493 e. The van der Waals surface area contributed by atoms with E-state index in [2.05, 4.69) is 10.2 Å². The van der Waals surface area contributed by atoms with Crippen LogP contribution in [-0.2, 0) is 0 Å². The van der Waals surface area contributed by atoms with Crippen molar-refractivity contribution in [2.24, 2.45) is 21.7 Å². The van der Waals surface area contributed by atoms with Crippen LogP contribution in [0, 0.1) is 0 Å². The van der Waals surface area contributed by atoms with Crippen molar-refractivity contribution >= 4 is 22.9 Å². The molecule has 0 atom stereocenters. The molecule has 0 radical (unpaired) electrons. The lowest BCUT2D eigenvalue weighted by Gasteiger charge is -2.09. The van der Waals surface area contributed by atoms with E-state index in [1.165, 1.54) is 0 Å². The van der Waals surface area contributed by atoms with Gasteiger partial charge in [0.2, 0.25) is 5.96 Å². The van der Waals surface area contributed by atoms with E-state index in [0.717, 1.165) is 22.1 Å². The molecule has 0 fully saturated rings. The Balaban J connectivity index is 2.55. The molecule has 0 spiro atoms. The van der Waals surface area contributed by atoms with Gasteiger partial charge in [0.15, 0.2) is 0 Å². The first-order valence-corrected chi connectivity index (χ1v) is 5.99. The molecular formula is C14H16N4O. The van der Waals surface area contributed by atoms with E-state index in [0.29, 0.717) is 6.61 Å². The van der Waals surface area contributed by atoms with Crippen LogP contribution in [0.1, 0.15) is 12.5 Å². The minimum atomic E-state index is -0.0746. The topological polar surface area (TPSA) is 86.0 Å². The number of nitrogens with two attached hydrogens (primary N) is 2. The summed E-state index contributed by atoms with van der Waals surface area (Å²) in [6.07, 6.45) is 1.60. The summed E-state index contributed by atoms with van der Waals surface area (Å²) < 4.78 is 5.60. The Morgan fingerprint density at radius 1 is 1.21 bits per heavy atom. The quantitative estimate of drug-likeness (QED) is 0.497. The van der Waals surface area contributed by atoms with E-state index in [9.17, 15) is 0 Å². The lowest BCUT2D eigenvalue weighted by Crippen LogP contribution is -2.21. The molecule has 0 saturated heterocycles. The number of rotatable bonds is 4. The maximum Gasteiger partial charge on any atom is 0.211 e. The highest BCUT2D eigenvalue weighted by Gasteiger charge is 2.06. The second-order valence-electron chi connectivity index (χ2n) is 3.90. The third-order valence-corrected chi connectivity index (χ3v) is 2.59. The van der Waals surface area contributed by atoms with Gasteiger partial charge in [-0.05, 0) is 23.8 Å². The minimum absolute atomic E-state index is 0.0746. The maximum absolute atomic E-state index is 5.60. The number of benzene rings is 2. The van der Waals surface area contributed by atoms with Crippen molar-refractivity contribution in [3.05, 3.63) is 42.0 Å². The molecule has 98 valence electrons. The Bertz CT molecular complexity index is 630. The second-order valence-corrected chi connectivity index (χ2v) is 3.90. The molecule has 0 aromatic heterocycles. The van der Waals surface area contributed by atoms with Gasteiger partial charge in [0.25, 0.3) is 0 Å². The molecule has 5 nitrogen and oxygen atoms in total. The van der Waals surface area contributed by atoms with Crippen LogP contribution in [0.3, 0.4) is 0 Å². The van der Waals surface area contributed by atoms with E-state index >= 15 is 0 Å². The van der Waals surface area contributed by atoms with Gasteiger partial charge in [-0.3, -0.25) is 0 Å². The maximum atomic E-state index is 5.60. The lowest BCUT2D eigenvalue weighted by molar-refractivity contribution is 0.340. The molecule has 0 aliphatic rings. The molecule has 0 bridgehead atoms. The largest absolute Gasteiger partial charge is 0.493 e. The van der Waals surface area contributed by atoms with Gasteiger partial charge >= 0.3 is 0 Å². The van der Waals surface area contributed by atoms with Crippen LogP contribution in [0.25, 0.3) is 10.8 Å². The van der Waals surface area contributed by atoms with Gasteiger partial charge in [-0.1, -0.05) is 30.3 Å². The summed E-state index contributed by atoms with van der Waals surface area (Å²) in [5.74, 6) is 0.685. The van der Waals surface area contributed by atoms with Gasteiger partial charge in [-0.25, -0.2) is 0 Å². The summed E-state index contributed by atoms with van der Waals surface area (Å²) in [6, 6.07) is 11.9. The number of nitrogens with zero attached hydrogens (tertiary/aromatic N) is 2. The molecular weight excluding hydrogens is 240 g/mol. The molecule has 0 saturated carbocycles. The van der Waals surface area contributed by atoms with Crippen molar-refractivity contribution in [1.29, 1.82) is 0 Å². The molecule has 5 heteroatoms. The highest BCUT2D eigenvalue weighted by Crippen LogP contribution is 2.26. The van der Waals surface area contributed by atoms with Crippen molar-refractivity contribution in [2.75, 3.05) is 6.61 Å². The van der Waals surface area contributed by atoms with E-state index in [-0.39, 0.29) is 5.96 Å². The monoisotopic (exact) mass is 256 g/mol. The third-order valence-electron chi connectivity index (χ3n) is 2.59. The highest BCUT2D eigenvalue weighted by molar-refractivity contribution is 6.02. The molecule has 0 aliphatic carbocycles. The summed E-state index contributed by atoms with van der Waals surface area (Å²) in [4.78, 5) is 0. The van der Waals surface area contributed by atoms with Crippen molar-refractivity contribution in [2.45, 2.75) is 6.92 Å². The first-order valence-electron chi connectivity index (χ1n) is 5.99. The zero-order chi connectivity index (χ0) is 13.7.